The Morgan fingerprint density at radius 1 is 1.11 bits per heavy atom. The van der Waals surface area contributed by atoms with E-state index in [4.69, 9.17) is 5.73 Å². The van der Waals surface area contributed by atoms with Crippen LogP contribution in [0.15, 0.2) is 0 Å². The highest BCUT2D eigenvalue weighted by Gasteiger charge is 2.45. The zero-order valence-corrected chi connectivity index (χ0v) is 13.4. The Morgan fingerprint density at radius 3 is 2.32 bits per heavy atom. The lowest BCUT2D eigenvalue weighted by Gasteiger charge is -2.54. The van der Waals surface area contributed by atoms with Crippen LogP contribution in [0.3, 0.4) is 0 Å². The van der Waals surface area contributed by atoms with Crippen molar-refractivity contribution in [2.24, 2.45) is 17.1 Å². The number of rotatable bonds is 4. The molecule has 0 aromatic rings. The molecule has 2 atom stereocenters. The van der Waals surface area contributed by atoms with Crippen LogP contribution in [0.5, 0.6) is 0 Å². The first kappa shape index (κ1) is 15.3. The lowest BCUT2D eigenvalue weighted by molar-refractivity contribution is -0.0332. The molecule has 0 bridgehead atoms. The van der Waals surface area contributed by atoms with Gasteiger partial charge in [-0.05, 0) is 50.1 Å². The van der Waals surface area contributed by atoms with Crippen molar-refractivity contribution >= 4 is 0 Å². The van der Waals surface area contributed by atoms with E-state index in [-0.39, 0.29) is 0 Å². The van der Waals surface area contributed by atoms with Crippen LogP contribution in [0, 0.1) is 11.3 Å². The second-order valence-corrected chi connectivity index (χ2v) is 7.31. The van der Waals surface area contributed by atoms with Crippen molar-refractivity contribution in [3.63, 3.8) is 0 Å². The van der Waals surface area contributed by atoms with Gasteiger partial charge in [0.15, 0.2) is 0 Å². The summed E-state index contributed by atoms with van der Waals surface area (Å²) in [5, 5.41) is 0. The lowest BCUT2D eigenvalue weighted by atomic mass is 9.68. The van der Waals surface area contributed by atoms with Crippen LogP contribution in [0.4, 0.5) is 0 Å². The highest BCUT2D eigenvalue weighted by Crippen LogP contribution is 2.44. The number of nitrogens with two attached hydrogens (primary N) is 1. The van der Waals surface area contributed by atoms with E-state index in [1.165, 1.54) is 64.5 Å². The first-order valence-electron chi connectivity index (χ1n) is 8.55. The Kier molecular flexibility index (Phi) is 4.94. The molecule has 0 amide bonds. The minimum absolute atomic E-state index is 0.335. The largest absolute Gasteiger partial charge is 0.329 e. The molecule has 0 spiro atoms. The van der Waals surface area contributed by atoms with Gasteiger partial charge in [-0.25, -0.2) is 0 Å². The number of piperidine rings is 1. The number of hydrogen-bond donors (Lipinski definition) is 1. The molecule has 0 aromatic heterocycles. The topological polar surface area (TPSA) is 29.3 Å². The highest BCUT2D eigenvalue weighted by atomic mass is 15.2. The summed E-state index contributed by atoms with van der Waals surface area (Å²) < 4.78 is 0. The second kappa shape index (κ2) is 6.13. The maximum atomic E-state index is 6.29. The summed E-state index contributed by atoms with van der Waals surface area (Å²) in [6.45, 7) is 10.6. The predicted molar refractivity (Wildman–Crippen MR) is 83.2 cm³/mol. The lowest BCUT2D eigenvalue weighted by Crippen LogP contribution is -2.62. The van der Waals surface area contributed by atoms with Crippen molar-refractivity contribution in [2.45, 2.75) is 77.7 Å². The van der Waals surface area contributed by atoms with Crippen LogP contribution < -0.4 is 5.73 Å². The Bertz CT molecular complexity index is 281. The van der Waals surface area contributed by atoms with Crippen molar-refractivity contribution in [1.82, 2.24) is 4.90 Å². The van der Waals surface area contributed by atoms with Crippen molar-refractivity contribution in [3.05, 3.63) is 0 Å². The number of nitrogens with zero attached hydrogens (tertiary/aromatic N) is 1. The van der Waals surface area contributed by atoms with Gasteiger partial charge in [0, 0.05) is 12.1 Å². The van der Waals surface area contributed by atoms with Crippen LogP contribution in [-0.4, -0.2) is 30.1 Å². The molecule has 2 fully saturated rings. The molecule has 2 aliphatic rings. The van der Waals surface area contributed by atoms with Crippen molar-refractivity contribution < 1.29 is 0 Å². The van der Waals surface area contributed by atoms with E-state index in [2.05, 4.69) is 25.7 Å². The molecule has 1 aliphatic heterocycles. The molecule has 0 aromatic carbocycles. The van der Waals surface area contributed by atoms with Crippen LogP contribution in [0.1, 0.15) is 72.1 Å². The van der Waals surface area contributed by atoms with Gasteiger partial charge in [0.05, 0.1) is 0 Å². The maximum absolute atomic E-state index is 6.29. The van der Waals surface area contributed by atoms with E-state index >= 15 is 0 Å². The van der Waals surface area contributed by atoms with Gasteiger partial charge in [-0.2, -0.15) is 0 Å². The first-order chi connectivity index (χ1) is 9.10. The molecule has 1 saturated carbocycles. The molecule has 1 saturated heterocycles. The third-order valence-corrected chi connectivity index (χ3v) is 6.47. The Balaban J connectivity index is 2.09. The summed E-state index contributed by atoms with van der Waals surface area (Å²) in [5.41, 5.74) is 7.21. The van der Waals surface area contributed by atoms with Gasteiger partial charge in [0.1, 0.15) is 0 Å². The molecule has 2 heteroatoms. The van der Waals surface area contributed by atoms with Crippen LogP contribution in [0.25, 0.3) is 0 Å². The van der Waals surface area contributed by atoms with E-state index in [1.807, 2.05) is 0 Å². The van der Waals surface area contributed by atoms with Crippen LogP contribution >= 0.6 is 0 Å². The average molecular weight is 266 g/mol. The first-order valence-corrected chi connectivity index (χ1v) is 8.55. The molecule has 0 radical (unpaired) electrons. The predicted octanol–water partition coefficient (Wildman–Crippen LogP) is 3.80. The Hall–Kier alpha value is -0.0800. The highest BCUT2D eigenvalue weighted by molar-refractivity contribution is 5.01. The minimum Gasteiger partial charge on any atom is -0.329 e. The smallest absolute Gasteiger partial charge is 0.0359 e. The molecule has 112 valence electrons. The van der Waals surface area contributed by atoms with Gasteiger partial charge in [-0.3, -0.25) is 4.90 Å². The Morgan fingerprint density at radius 2 is 1.79 bits per heavy atom. The van der Waals surface area contributed by atoms with Crippen LogP contribution in [0.2, 0.25) is 0 Å². The second-order valence-electron chi connectivity index (χ2n) is 7.31. The normalized spacial score (nSPS) is 36.3. The van der Waals surface area contributed by atoms with Crippen molar-refractivity contribution in [2.75, 3.05) is 19.6 Å². The number of likely N-dealkylation sites (tertiary alicyclic amines) is 1. The van der Waals surface area contributed by atoms with Gasteiger partial charge >= 0.3 is 0 Å². The third-order valence-electron chi connectivity index (χ3n) is 6.47. The van der Waals surface area contributed by atoms with E-state index < -0.39 is 0 Å². The SMILES string of the molecule is CCC1CCCCC1(CN)N1CCC(C)(CC)CC1. The summed E-state index contributed by atoms with van der Waals surface area (Å²) in [7, 11) is 0. The summed E-state index contributed by atoms with van der Waals surface area (Å²) in [6.07, 6.45) is 10.9. The minimum atomic E-state index is 0.335. The van der Waals surface area contributed by atoms with Gasteiger partial charge in [0.2, 0.25) is 0 Å². The molecule has 2 N–H and O–H groups in total. The molecule has 1 heterocycles. The van der Waals surface area contributed by atoms with Gasteiger partial charge in [-0.1, -0.05) is 46.5 Å². The average Bonchev–Trinajstić information content (AvgIpc) is 2.47. The van der Waals surface area contributed by atoms with E-state index in [0.29, 0.717) is 11.0 Å². The summed E-state index contributed by atoms with van der Waals surface area (Å²) in [5.74, 6) is 0.831. The monoisotopic (exact) mass is 266 g/mol. The molecular formula is C17H34N2. The fourth-order valence-electron chi connectivity index (χ4n) is 4.54. The summed E-state index contributed by atoms with van der Waals surface area (Å²) in [4.78, 5) is 2.79. The van der Waals surface area contributed by atoms with Crippen molar-refractivity contribution in [1.29, 1.82) is 0 Å². The molecule has 1 aliphatic carbocycles. The number of hydrogen-bond acceptors (Lipinski definition) is 2. The standard InChI is InChI=1S/C17H34N2/c1-4-15-8-6-7-9-17(15,14-18)19-12-10-16(3,5-2)11-13-19/h15H,4-14,18H2,1-3H3. The van der Waals surface area contributed by atoms with E-state index in [0.717, 1.165) is 12.5 Å². The van der Waals surface area contributed by atoms with E-state index in [1.54, 1.807) is 0 Å². The van der Waals surface area contributed by atoms with E-state index in [9.17, 15) is 0 Å². The summed E-state index contributed by atoms with van der Waals surface area (Å²) in [6, 6.07) is 0. The molecule has 2 rings (SSSR count). The molecule has 19 heavy (non-hydrogen) atoms. The molecular weight excluding hydrogens is 232 g/mol. The zero-order valence-electron chi connectivity index (χ0n) is 13.4. The Labute approximate surface area is 120 Å². The molecule has 2 unspecified atom stereocenters. The van der Waals surface area contributed by atoms with Gasteiger partial charge in [-0.15, -0.1) is 0 Å². The van der Waals surface area contributed by atoms with Gasteiger partial charge in [0.25, 0.3) is 0 Å². The third kappa shape index (κ3) is 2.85. The fraction of sp³-hybridized carbons (Fsp3) is 1.00. The molecule has 2 nitrogen and oxygen atoms in total. The maximum Gasteiger partial charge on any atom is 0.0359 e. The fourth-order valence-corrected chi connectivity index (χ4v) is 4.54. The van der Waals surface area contributed by atoms with Gasteiger partial charge < -0.3 is 5.73 Å². The quantitative estimate of drug-likeness (QED) is 0.838. The zero-order chi connectivity index (χ0) is 13.9. The van der Waals surface area contributed by atoms with Crippen molar-refractivity contribution in [3.8, 4) is 0 Å². The summed E-state index contributed by atoms with van der Waals surface area (Å²) >= 11 is 0. The van der Waals surface area contributed by atoms with Crippen LogP contribution in [-0.2, 0) is 0 Å².